The van der Waals surface area contributed by atoms with Crippen molar-refractivity contribution >= 4 is 50.0 Å². The van der Waals surface area contributed by atoms with Crippen LogP contribution in [0, 0.1) is 0 Å². The smallest absolute Gasteiger partial charge is 0.351 e. The molecule has 2 aromatic rings. The van der Waals surface area contributed by atoms with E-state index in [0.717, 1.165) is 10.0 Å². The van der Waals surface area contributed by atoms with E-state index < -0.39 is 5.97 Å². The van der Waals surface area contributed by atoms with Gasteiger partial charge in [0, 0.05) is 11.0 Å². The number of benzene rings is 1. The summed E-state index contributed by atoms with van der Waals surface area (Å²) in [5.41, 5.74) is 1.09. The van der Waals surface area contributed by atoms with Gasteiger partial charge in [0.2, 0.25) is 0 Å². The summed E-state index contributed by atoms with van der Waals surface area (Å²) < 4.78 is 5.64. The maximum absolute atomic E-state index is 11.4. The second-order valence-electron chi connectivity index (χ2n) is 3.58. The highest BCUT2D eigenvalue weighted by Crippen LogP contribution is 2.28. The van der Waals surface area contributed by atoms with Gasteiger partial charge < -0.3 is 10.1 Å². The Morgan fingerprint density at radius 1 is 1.53 bits per heavy atom. The molecule has 100 valence electrons. The van der Waals surface area contributed by atoms with Gasteiger partial charge in [-0.1, -0.05) is 57.1 Å². The summed E-state index contributed by atoms with van der Waals surface area (Å²) in [4.78, 5) is 15.8. The average molecular weight is 362 g/mol. The van der Waals surface area contributed by atoms with Crippen LogP contribution in [0.5, 0.6) is 0 Å². The highest BCUT2D eigenvalue weighted by Gasteiger charge is 2.17. The van der Waals surface area contributed by atoms with Crippen molar-refractivity contribution in [3.63, 3.8) is 0 Å². The number of anilines is 1. The van der Waals surface area contributed by atoms with Gasteiger partial charge in [0.15, 0.2) is 15.2 Å². The van der Waals surface area contributed by atoms with Crippen LogP contribution in [0.25, 0.3) is 0 Å². The molecule has 0 aliphatic rings. The minimum atomic E-state index is -0.476. The van der Waals surface area contributed by atoms with Gasteiger partial charge in [0.25, 0.3) is 0 Å². The number of thiazole rings is 1. The Hall–Kier alpha value is -1.11. The lowest BCUT2D eigenvalue weighted by Crippen LogP contribution is -1.99. The van der Waals surface area contributed by atoms with Crippen LogP contribution in [0.15, 0.2) is 28.7 Å². The predicted molar refractivity (Wildman–Crippen MR) is 79.9 cm³/mol. The van der Waals surface area contributed by atoms with Gasteiger partial charge in [0.1, 0.15) is 0 Å². The Morgan fingerprint density at radius 2 is 2.26 bits per heavy atom. The topological polar surface area (TPSA) is 51.2 Å². The first-order valence-electron chi connectivity index (χ1n) is 5.33. The molecule has 2 rings (SSSR count). The first kappa shape index (κ1) is 14.3. The van der Waals surface area contributed by atoms with E-state index in [-0.39, 0.29) is 5.15 Å². The van der Waals surface area contributed by atoms with E-state index in [4.69, 9.17) is 11.6 Å². The molecule has 19 heavy (non-hydrogen) atoms. The predicted octanol–water partition coefficient (Wildman–Crippen LogP) is 3.96. The lowest BCUT2D eigenvalue weighted by molar-refractivity contribution is 0.0606. The van der Waals surface area contributed by atoms with Gasteiger partial charge in [-0.3, -0.25) is 0 Å². The minimum Gasteiger partial charge on any atom is -0.465 e. The molecule has 0 saturated heterocycles. The molecule has 0 saturated carbocycles. The summed E-state index contributed by atoms with van der Waals surface area (Å²) in [6, 6.07) is 7.86. The van der Waals surface area contributed by atoms with E-state index in [9.17, 15) is 4.79 Å². The van der Waals surface area contributed by atoms with Crippen molar-refractivity contribution in [3.05, 3.63) is 44.3 Å². The van der Waals surface area contributed by atoms with Gasteiger partial charge in [-0.25, -0.2) is 9.78 Å². The van der Waals surface area contributed by atoms with Crippen LogP contribution >= 0.6 is 38.9 Å². The third kappa shape index (κ3) is 3.46. The summed E-state index contributed by atoms with van der Waals surface area (Å²) >= 11 is 10.5. The van der Waals surface area contributed by atoms with Crippen molar-refractivity contribution in [2.24, 2.45) is 0 Å². The summed E-state index contributed by atoms with van der Waals surface area (Å²) in [7, 11) is 1.31. The molecule has 1 aromatic carbocycles. The Morgan fingerprint density at radius 3 is 2.95 bits per heavy atom. The molecule has 0 atom stereocenters. The quantitative estimate of drug-likeness (QED) is 0.838. The highest BCUT2D eigenvalue weighted by molar-refractivity contribution is 9.10. The molecule has 0 aliphatic carbocycles. The van der Waals surface area contributed by atoms with Crippen LogP contribution in [-0.4, -0.2) is 18.1 Å². The number of rotatable bonds is 4. The van der Waals surface area contributed by atoms with Gasteiger partial charge in [-0.05, 0) is 11.6 Å². The zero-order valence-electron chi connectivity index (χ0n) is 9.94. The van der Waals surface area contributed by atoms with Gasteiger partial charge in [0.05, 0.1) is 7.11 Å². The summed E-state index contributed by atoms with van der Waals surface area (Å²) in [6.45, 7) is 0.589. The van der Waals surface area contributed by atoms with Crippen molar-refractivity contribution < 1.29 is 9.53 Å². The molecule has 1 aromatic heterocycles. The van der Waals surface area contributed by atoms with Crippen molar-refractivity contribution in [2.45, 2.75) is 6.54 Å². The Bertz CT molecular complexity index is 603. The largest absolute Gasteiger partial charge is 0.465 e. The van der Waals surface area contributed by atoms with Crippen LogP contribution in [-0.2, 0) is 11.3 Å². The van der Waals surface area contributed by atoms with Crippen LogP contribution in [0.4, 0.5) is 5.13 Å². The third-order valence-electron chi connectivity index (χ3n) is 2.34. The number of aromatic nitrogens is 1. The lowest BCUT2D eigenvalue weighted by Gasteiger charge is -2.04. The highest BCUT2D eigenvalue weighted by atomic mass is 79.9. The van der Waals surface area contributed by atoms with Crippen LogP contribution in [0.3, 0.4) is 0 Å². The zero-order chi connectivity index (χ0) is 13.8. The van der Waals surface area contributed by atoms with E-state index in [1.54, 1.807) is 0 Å². The number of hydrogen-bond acceptors (Lipinski definition) is 5. The number of nitrogens with zero attached hydrogens (tertiary/aromatic N) is 1. The molecule has 0 bridgehead atoms. The van der Waals surface area contributed by atoms with E-state index in [2.05, 4.69) is 31.0 Å². The summed E-state index contributed by atoms with van der Waals surface area (Å²) in [6.07, 6.45) is 0. The fourth-order valence-electron chi connectivity index (χ4n) is 1.41. The monoisotopic (exact) mass is 360 g/mol. The zero-order valence-corrected chi connectivity index (χ0v) is 13.1. The standard InChI is InChI=1S/C12H10BrClN2O2S/c1-18-11(17)9-10(14)16-12(19-9)15-6-7-4-2-3-5-8(7)13/h2-5H,6H2,1H3,(H,15,16). The lowest BCUT2D eigenvalue weighted by atomic mass is 10.2. The van der Waals surface area contributed by atoms with Crippen molar-refractivity contribution in [2.75, 3.05) is 12.4 Å². The number of carbonyl (C=O) groups excluding carboxylic acids is 1. The fraction of sp³-hybridized carbons (Fsp3) is 0.167. The maximum atomic E-state index is 11.4. The molecule has 1 N–H and O–H groups in total. The number of ether oxygens (including phenoxy) is 1. The van der Waals surface area contributed by atoms with Crippen LogP contribution in [0.2, 0.25) is 5.15 Å². The second kappa shape index (κ2) is 6.36. The Labute approximate surface area is 127 Å². The molecule has 0 amide bonds. The molecule has 0 radical (unpaired) electrons. The third-order valence-corrected chi connectivity index (χ3v) is 4.50. The fourth-order valence-corrected chi connectivity index (χ4v) is 2.93. The number of halogens is 2. The number of hydrogen-bond donors (Lipinski definition) is 1. The summed E-state index contributed by atoms with van der Waals surface area (Å²) in [5, 5.41) is 3.87. The summed E-state index contributed by atoms with van der Waals surface area (Å²) in [5.74, 6) is -0.476. The van der Waals surface area contributed by atoms with Crippen LogP contribution in [0.1, 0.15) is 15.2 Å². The number of esters is 1. The normalized spacial score (nSPS) is 10.3. The molecule has 1 heterocycles. The number of methoxy groups -OCH3 is 1. The molecule has 0 fully saturated rings. The molecular formula is C12H10BrClN2O2S. The van der Waals surface area contributed by atoms with Crippen molar-refractivity contribution in [1.29, 1.82) is 0 Å². The molecule has 0 unspecified atom stereocenters. The maximum Gasteiger partial charge on any atom is 0.351 e. The van der Waals surface area contributed by atoms with Crippen LogP contribution < -0.4 is 5.32 Å². The van der Waals surface area contributed by atoms with Crippen molar-refractivity contribution in [3.8, 4) is 0 Å². The van der Waals surface area contributed by atoms with E-state index in [1.165, 1.54) is 18.4 Å². The number of carbonyl (C=O) groups is 1. The molecular weight excluding hydrogens is 352 g/mol. The van der Waals surface area contributed by atoms with E-state index in [0.29, 0.717) is 16.6 Å². The molecule has 0 aliphatic heterocycles. The van der Waals surface area contributed by atoms with Gasteiger partial charge in [-0.2, -0.15) is 0 Å². The molecule has 0 spiro atoms. The molecule has 7 heteroatoms. The Balaban J connectivity index is 2.09. The number of nitrogens with one attached hydrogen (secondary N) is 1. The van der Waals surface area contributed by atoms with E-state index >= 15 is 0 Å². The SMILES string of the molecule is COC(=O)c1sc(NCc2ccccc2Br)nc1Cl. The molecule has 4 nitrogen and oxygen atoms in total. The Kier molecular flexibility index (Phi) is 4.79. The van der Waals surface area contributed by atoms with Crippen molar-refractivity contribution in [1.82, 2.24) is 4.98 Å². The second-order valence-corrected chi connectivity index (χ2v) is 5.79. The van der Waals surface area contributed by atoms with Gasteiger partial charge >= 0.3 is 5.97 Å². The van der Waals surface area contributed by atoms with E-state index in [1.807, 2.05) is 24.3 Å². The van der Waals surface area contributed by atoms with Gasteiger partial charge in [-0.15, -0.1) is 0 Å². The minimum absolute atomic E-state index is 0.159. The first-order chi connectivity index (χ1) is 9.11. The first-order valence-corrected chi connectivity index (χ1v) is 7.32. The average Bonchev–Trinajstić information content (AvgIpc) is 2.78.